The van der Waals surface area contributed by atoms with E-state index in [-0.39, 0.29) is 16.9 Å². The van der Waals surface area contributed by atoms with E-state index in [0.29, 0.717) is 6.04 Å². The molecule has 1 saturated heterocycles. The summed E-state index contributed by atoms with van der Waals surface area (Å²) in [6.07, 6.45) is 1.92. The number of nitrogens with zero attached hydrogens (tertiary/aromatic N) is 1. The van der Waals surface area contributed by atoms with E-state index in [1.165, 1.54) is 0 Å². The number of nitrogens with two attached hydrogens (primary N) is 1. The molecule has 1 aliphatic rings. The molecule has 0 radical (unpaired) electrons. The molecule has 114 valence electrons. The quantitative estimate of drug-likeness (QED) is 0.831. The Morgan fingerprint density at radius 3 is 2.67 bits per heavy atom. The number of amides is 1. The third kappa shape index (κ3) is 4.02. The number of hydrogen-bond donors (Lipinski definition) is 2. The third-order valence-electron chi connectivity index (χ3n) is 4.23. The van der Waals surface area contributed by atoms with Gasteiger partial charge in [0.15, 0.2) is 0 Å². The van der Waals surface area contributed by atoms with Gasteiger partial charge in [-0.1, -0.05) is 42.5 Å². The number of rotatable bonds is 4. The lowest BCUT2D eigenvalue weighted by atomic mass is 9.95. The minimum absolute atomic E-state index is 0.0875. The third-order valence-corrected chi connectivity index (χ3v) is 4.47. The van der Waals surface area contributed by atoms with Crippen LogP contribution in [-0.4, -0.2) is 41.5 Å². The van der Waals surface area contributed by atoms with Crippen molar-refractivity contribution in [1.29, 1.82) is 0 Å². The Bertz CT molecular complexity index is 506. The van der Waals surface area contributed by atoms with Gasteiger partial charge in [0, 0.05) is 18.6 Å². The molecular formula is C16H23N3OS. The summed E-state index contributed by atoms with van der Waals surface area (Å²) >= 11 is 5.09. The smallest absolute Gasteiger partial charge is 0.234 e. The van der Waals surface area contributed by atoms with Gasteiger partial charge in [-0.25, -0.2) is 0 Å². The molecule has 5 heteroatoms. The first kappa shape index (κ1) is 15.9. The summed E-state index contributed by atoms with van der Waals surface area (Å²) in [4.78, 5) is 15.1. The van der Waals surface area contributed by atoms with Crippen LogP contribution in [0, 0.1) is 0 Å². The van der Waals surface area contributed by atoms with Gasteiger partial charge in [0.05, 0.1) is 4.99 Å². The van der Waals surface area contributed by atoms with Crippen molar-refractivity contribution in [3.8, 4) is 0 Å². The van der Waals surface area contributed by atoms with Crippen molar-refractivity contribution < 1.29 is 4.79 Å². The molecule has 2 rings (SSSR count). The van der Waals surface area contributed by atoms with Crippen LogP contribution in [0.15, 0.2) is 30.3 Å². The molecule has 0 aliphatic carbocycles. The van der Waals surface area contributed by atoms with Crippen molar-refractivity contribution in [2.45, 2.75) is 37.8 Å². The normalized spacial score (nSPS) is 24.3. The lowest BCUT2D eigenvalue weighted by Gasteiger charge is -2.35. The second-order valence-electron chi connectivity index (χ2n) is 5.81. The molecule has 1 amide bonds. The zero-order valence-electron chi connectivity index (χ0n) is 12.6. The van der Waals surface area contributed by atoms with Crippen LogP contribution >= 0.6 is 12.2 Å². The number of carbonyl (C=O) groups excluding carboxylic acids is 1. The number of piperidine rings is 1. The fourth-order valence-corrected chi connectivity index (χ4v) is 3.04. The minimum Gasteiger partial charge on any atom is -0.392 e. The van der Waals surface area contributed by atoms with Crippen LogP contribution in [-0.2, 0) is 4.79 Å². The Balaban J connectivity index is 2.05. The zero-order chi connectivity index (χ0) is 15.4. The summed E-state index contributed by atoms with van der Waals surface area (Å²) in [6, 6.07) is 10.2. The molecule has 0 saturated carbocycles. The summed E-state index contributed by atoms with van der Waals surface area (Å²) in [7, 11) is 2.12. The molecule has 4 nitrogen and oxygen atoms in total. The minimum atomic E-state index is -0.545. The van der Waals surface area contributed by atoms with Crippen LogP contribution < -0.4 is 11.1 Å². The van der Waals surface area contributed by atoms with E-state index in [1.807, 2.05) is 30.3 Å². The van der Waals surface area contributed by atoms with Gasteiger partial charge in [-0.05, 0) is 32.4 Å². The van der Waals surface area contributed by atoms with Gasteiger partial charge in [0.2, 0.25) is 5.91 Å². The second kappa shape index (κ2) is 7.00. The first-order valence-electron chi connectivity index (χ1n) is 7.34. The first-order chi connectivity index (χ1) is 9.99. The first-order valence-corrected chi connectivity index (χ1v) is 7.74. The largest absolute Gasteiger partial charge is 0.392 e. The Kier molecular flexibility index (Phi) is 5.31. The molecule has 1 heterocycles. The highest BCUT2D eigenvalue weighted by atomic mass is 32.1. The molecule has 3 atom stereocenters. The van der Waals surface area contributed by atoms with Crippen molar-refractivity contribution in [1.82, 2.24) is 10.2 Å². The van der Waals surface area contributed by atoms with E-state index in [1.54, 1.807) is 0 Å². The predicted molar refractivity (Wildman–Crippen MR) is 89.2 cm³/mol. The van der Waals surface area contributed by atoms with Crippen molar-refractivity contribution >= 4 is 23.1 Å². The van der Waals surface area contributed by atoms with E-state index >= 15 is 0 Å². The van der Waals surface area contributed by atoms with Crippen LogP contribution in [0.3, 0.4) is 0 Å². The Morgan fingerprint density at radius 1 is 1.43 bits per heavy atom. The molecule has 1 aromatic rings. The molecule has 1 aliphatic heterocycles. The number of carbonyl (C=O) groups is 1. The molecule has 3 N–H and O–H groups in total. The zero-order valence-corrected chi connectivity index (χ0v) is 13.4. The molecule has 0 bridgehead atoms. The number of hydrogen-bond acceptors (Lipinski definition) is 3. The van der Waals surface area contributed by atoms with Crippen molar-refractivity contribution in [2.24, 2.45) is 5.73 Å². The van der Waals surface area contributed by atoms with Crippen LogP contribution in [0.4, 0.5) is 0 Å². The summed E-state index contributed by atoms with van der Waals surface area (Å²) in [6.45, 7) is 3.18. The highest BCUT2D eigenvalue weighted by Gasteiger charge is 2.28. The van der Waals surface area contributed by atoms with E-state index < -0.39 is 5.92 Å². The van der Waals surface area contributed by atoms with Gasteiger partial charge < -0.3 is 16.0 Å². The van der Waals surface area contributed by atoms with Crippen LogP contribution in [0.2, 0.25) is 0 Å². The summed E-state index contributed by atoms with van der Waals surface area (Å²) in [5, 5.41) is 3.12. The molecular weight excluding hydrogens is 282 g/mol. The van der Waals surface area contributed by atoms with Crippen LogP contribution in [0.1, 0.15) is 31.2 Å². The van der Waals surface area contributed by atoms with Gasteiger partial charge in [-0.2, -0.15) is 0 Å². The Labute approximate surface area is 131 Å². The van der Waals surface area contributed by atoms with E-state index in [0.717, 1.165) is 24.9 Å². The fourth-order valence-electron chi connectivity index (χ4n) is 2.80. The van der Waals surface area contributed by atoms with Crippen LogP contribution in [0.25, 0.3) is 0 Å². The molecule has 3 unspecified atom stereocenters. The summed E-state index contributed by atoms with van der Waals surface area (Å²) < 4.78 is 0. The summed E-state index contributed by atoms with van der Waals surface area (Å²) in [5.41, 5.74) is 6.64. The second-order valence-corrected chi connectivity index (χ2v) is 6.28. The lowest BCUT2D eigenvalue weighted by molar-refractivity contribution is -0.122. The number of likely N-dealkylation sites (tertiary alicyclic amines) is 1. The van der Waals surface area contributed by atoms with E-state index in [4.69, 9.17) is 18.0 Å². The number of nitrogens with one attached hydrogen (secondary N) is 1. The number of benzene rings is 1. The monoisotopic (exact) mass is 305 g/mol. The highest BCUT2D eigenvalue weighted by Crippen LogP contribution is 2.19. The SMILES string of the molecule is CC1CC(NC(=O)C(C(N)=S)c2ccccc2)CCN1C. The average Bonchev–Trinajstić information content (AvgIpc) is 2.44. The topological polar surface area (TPSA) is 58.4 Å². The molecule has 1 fully saturated rings. The lowest BCUT2D eigenvalue weighted by Crippen LogP contribution is -2.49. The van der Waals surface area contributed by atoms with Crippen molar-refractivity contribution in [2.75, 3.05) is 13.6 Å². The van der Waals surface area contributed by atoms with Gasteiger partial charge in [-0.3, -0.25) is 4.79 Å². The predicted octanol–water partition coefficient (Wildman–Crippen LogP) is 1.66. The van der Waals surface area contributed by atoms with Crippen molar-refractivity contribution in [3.05, 3.63) is 35.9 Å². The van der Waals surface area contributed by atoms with Crippen LogP contribution in [0.5, 0.6) is 0 Å². The van der Waals surface area contributed by atoms with Gasteiger partial charge in [0.25, 0.3) is 0 Å². The average molecular weight is 305 g/mol. The highest BCUT2D eigenvalue weighted by molar-refractivity contribution is 7.80. The Morgan fingerprint density at radius 2 is 2.10 bits per heavy atom. The van der Waals surface area contributed by atoms with E-state index in [2.05, 4.69) is 24.2 Å². The van der Waals surface area contributed by atoms with Gasteiger partial charge in [0.1, 0.15) is 5.92 Å². The fraction of sp³-hybridized carbons (Fsp3) is 0.500. The number of thiocarbonyl (C=S) groups is 1. The maximum atomic E-state index is 12.5. The molecule has 0 spiro atoms. The maximum absolute atomic E-state index is 12.5. The van der Waals surface area contributed by atoms with Gasteiger partial charge in [-0.15, -0.1) is 0 Å². The summed E-state index contributed by atoms with van der Waals surface area (Å²) in [5.74, 6) is -0.633. The Hall–Kier alpha value is -1.46. The molecule has 0 aromatic heterocycles. The molecule has 21 heavy (non-hydrogen) atoms. The van der Waals surface area contributed by atoms with Crippen molar-refractivity contribution in [3.63, 3.8) is 0 Å². The standard InChI is InChI=1S/C16H23N3OS/c1-11-10-13(8-9-19(11)2)18-16(20)14(15(17)21)12-6-4-3-5-7-12/h3-7,11,13-14H,8-10H2,1-2H3,(H2,17,21)(H,18,20). The van der Waals surface area contributed by atoms with E-state index in [9.17, 15) is 4.79 Å². The maximum Gasteiger partial charge on any atom is 0.234 e. The molecule has 1 aromatic carbocycles. The van der Waals surface area contributed by atoms with Gasteiger partial charge >= 0.3 is 0 Å².